The first-order chi connectivity index (χ1) is 7.09. The van der Waals surface area contributed by atoms with Crippen LogP contribution in [0.1, 0.15) is 12.0 Å². The minimum Gasteiger partial charge on any atom is -0.311 e. The van der Waals surface area contributed by atoms with Crippen LogP contribution in [0.2, 0.25) is 0 Å². The van der Waals surface area contributed by atoms with Crippen molar-refractivity contribution in [3.8, 4) is 0 Å². The molecule has 1 aliphatic heterocycles. The zero-order valence-corrected chi connectivity index (χ0v) is 10.9. The van der Waals surface area contributed by atoms with Crippen LogP contribution in [0.3, 0.4) is 0 Å². The van der Waals surface area contributed by atoms with E-state index < -0.39 is 0 Å². The number of carbonyl (C=O) groups excluding carboxylic acids is 1. The van der Waals surface area contributed by atoms with Crippen molar-refractivity contribution >= 4 is 40.2 Å². The summed E-state index contributed by atoms with van der Waals surface area (Å²) in [4.78, 5) is 13.5. The molecule has 1 unspecified atom stereocenters. The van der Waals surface area contributed by atoms with Gasteiger partial charge in [0.25, 0.3) is 0 Å². The lowest BCUT2D eigenvalue weighted by molar-refractivity contribution is -0.117. The predicted molar refractivity (Wildman–Crippen MR) is 68.6 cm³/mol. The average molecular weight is 286 g/mol. The normalized spacial score (nSPS) is 21.1. The second kappa shape index (κ2) is 4.18. The summed E-state index contributed by atoms with van der Waals surface area (Å²) in [6.45, 7) is 2.72. The smallest absolute Gasteiger partial charge is 0.228 e. The second-order valence-electron chi connectivity index (χ2n) is 3.75. The van der Waals surface area contributed by atoms with Gasteiger partial charge in [-0.25, -0.2) is 0 Å². The molecule has 1 saturated heterocycles. The van der Waals surface area contributed by atoms with Crippen molar-refractivity contribution in [1.29, 1.82) is 0 Å². The number of rotatable bonds is 1. The Bertz CT molecular complexity index is 408. The molecule has 0 N–H and O–H groups in total. The third-order valence-corrected chi connectivity index (χ3v) is 3.84. The Morgan fingerprint density at radius 3 is 2.87 bits per heavy atom. The summed E-state index contributed by atoms with van der Waals surface area (Å²) in [5.74, 6) is 0.163. The van der Waals surface area contributed by atoms with Gasteiger partial charge in [-0.15, -0.1) is 0 Å². The molecule has 1 aromatic rings. The van der Waals surface area contributed by atoms with Crippen LogP contribution in [-0.2, 0) is 4.79 Å². The summed E-state index contributed by atoms with van der Waals surface area (Å²) in [7, 11) is 0. The van der Waals surface area contributed by atoms with Gasteiger partial charge in [0.15, 0.2) is 0 Å². The van der Waals surface area contributed by atoms with Crippen molar-refractivity contribution in [1.82, 2.24) is 0 Å². The quantitative estimate of drug-likeness (QED) is 0.787. The standard InChI is InChI=1S/C11H12BrNOS/c1-7-9(12)3-2-4-10(7)13-6-8(15)5-11(13)14/h2-4,8,15H,5-6H2,1H3. The number of halogens is 1. The van der Waals surface area contributed by atoms with Gasteiger partial charge in [-0.3, -0.25) is 4.79 Å². The minimum atomic E-state index is 0.163. The molecule has 1 aromatic carbocycles. The van der Waals surface area contributed by atoms with E-state index in [-0.39, 0.29) is 11.2 Å². The van der Waals surface area contributed by atoms with E-state index >= 15 is 0 Å². The van der Waals surface area contributed by atoms with Crippen LogP contribution in [0, 0.1) is 6.92 Å². The maximum absolute atomic E-state index is 11.7. The van der Waals surface area contributed by atoms with Gasteiger partial charge >= 0.3 is 0 Å². The Labute approximate surface area is 103 Å². The molecule has 0 aliphatic carbocycles. The van der Waals surface area contributed by atoms with Crippen molar-refractivity contribution < 1.29 is 4.79 Å². The van der Waals surface area contributed by atoms with Gasteiger partial charge in [0.2, 0.25) is 5.91 Å². The molecule has 1 fully saturated rings. The summed E-state index contributed by atoms with van der Waals surface area (Å²) >= 11 is 7.82. The van der Waals surface area contributed by atoms with E-state index in [2.05, 4.69) is 28.6 Å². The first-order valence-electron chi connectivity index (χ1n) is 4.83. The van der Waals surface area contributed by atoms with Gasteiger partial charge in [-0.05, 0) is 24.6 Å². The zero-order valence-electron chi connectivity index (χ0n) is 8.40. The van der Waals surface area contributed by atoms with Gasteiger partial charge in [-0.1, -0.05) is 22.0 Å². The van der Waals surface area contributed by atoms with E-state index in [1.807, 2.05) is 30.0 Å². The molecule has 1 atom stereocenters. The Morgan fingerprint density at radius 1 is 1.53 bits per heavy atom. The van der Waals surface area contributed by atoms with Gasteiger partial charge < -0.3 is 4.90 Å². The van der Waals surface area contributed by atoms with E-state index in [4.69, 9.17) is 0 Å². The lowest BCUT2D eigenvalue weighted by atomic mass is 10.2. The largest absolute Gasteiger partial charge is 0.311 e. The van der Waals surface area contributed by atoms with Crippen molar-refractivity contribution in [3.63, 3.8) is 0 Å². The molecule has 0 bridgehead atoms. The highest BCUT2D eigenvalue weighted by atomic mass is 79.9. The molecule has 0 saturated carbocycles. The van der Waals surface area contributed by atoms with E-state index in [0.717, 1.165) is 15.7 Å². The molecular weight excluding hydrogens is 274 g/mol. The van der Waals surface area contributed by atoms with Crippen LogP contribution < -0.4 is 4.90 Å². The first-order valence-corrected chi connectivity index (χ1v) is 6.14. The van der Waals surface area contributed by atoms with E-state index in [1.165, 1.54) is 0 Å². The highest BCUT2D eigenvalue weighted by molar-refractivity contribution is 9.10. The summed E-state index contributed by atoms with van der Waals surface area (Å²) in [5, 5.41) is 0.163. The number of nitrogens with zero attached hydrogens (tertiary/aromatic N) is 1. The fraction of sp³-hybridized carbons (Fsp3) is 0.364. The average Bonchev–Trinajstić information content (AvgIpc) is 2.50. The highest BCUT2D eigenvalue weighted by Gasteiger charge is 2.29. The molecule has 1 amide bonds. The van der Waals surface area contributed by atoms with Crippen LogP contribution in [0.5, 0.6) is 0 Å². The summed E-state index contributed by atoms with van der Waals surface area (Å²) < 4.78 is 1.04. The third kappa shape index (κ3) is 2.06. The van der Waals surface area contributed by atoms with Gasteiger partial charge in [0.1, 0.15) is 0 Å². The van der Waals surface area contributed by atoms with Gasteiger partial charge in [-0.2, -0.15) is 12.6 Å². The number of hydrogen-bond donors (Lipinski definition) is 1. The molecule has 80 valence electrons. The molecular formula is C11H12BrNOS. The zero-order chi connectivity index (χ0) is 11.0. The Hall–Kier alpha value is -0.480. The topological polar surface area (TPSA) is 20.3 Å². The number of carbonyl (C=O) groups is 1. The fourth-order valence-electron chi connectivity index (χ4n) is 1.81. The maximum Gasteiger partial charge on any atom is 0.228 e. The van der Waals surface area contributed by atoms with Crippen molar-refractivity contribution in [2.75, 3.05) is 11.4 Å². The van der Waals surface area contributed by atoms with E-state index in [0.29, 0.717) is 13.0 Å². The van der Waals surface area contributed by atoms with Gasteiger partial charge in [0, 0.05) is 28.4 Å². The Kier molecular flexibility index (Phi) is 3.07. The van der Waals surface area contributed by atoms with Crippen LogP contribution in [0.4, 0.5) is 5.69 Å². The van der Waals surface area contributed by atoms with Crippen molar-refractivity contribution in [3.05, 3.63) is 28.2 Å². The Morgan fingerprint density at radius 2 is 2.27 bits per heavy atom. The monoisotopic (exact) mass is 285 g/mol. The first kappa shape index (κ1) is 11.0. The highest BCUT2D eigenvalue weighted by Crippen LogP contribution is 2.30. The predicted octanol–water partition coefficient (Wildman–Crippen LogP) is 2.79. The minimum absolute atomic E-state index is 0.163. The molecule has 0 aromatic heterocycles. The van der Waals surface area contributed by atoms with Crippen LogP contribution in [0.25, 0.3) is 0 Å². The lowest BCUT2D eigenvalue weighted by Gasteiger charge is -2.19. The SMILES string of the molecule is Cc1c(Br)cccc1N1CC(S)CC1=O. The summed E-state index contributed by atoms with van der Waals surface area (Å²) in [6.07, 6.45) is 0.537. The number of hydrogen-bond acceptors (Lipinski definition) is 2. The van der Waals surface area contributed by atoms with Crippen molar-refractivity contribution in [2.45, 2.75) is 18.6 Å². The van der Waals surface area contributed by atoms with Crippen LogP contribution in [-0.4, -0.2) is 17.7 Å². The van der Waals surface area contributed by atoms with E-state index in [1.54, 1.807) is 0 Å². The molecule has 15 heavy (non-hydrogen) atoms. The molecule has 4 heteroatoms. The molecule has 2 rings (SSSR count). The number of benzene rings is 1. The van der Waals surface area contributed by atoms with Crippen molar-refractivity contribution in [2.24, 2.45) is 0 Å². The molecule has 1 heterocycles. The number of anilines is 1. The Balaban J connectivity index is 2.38. The van der Waals surface area contributed by atoms with Crippen LogP contribution in [0.15, 0.2) is 22.7 Å². The molecule has 0 spiro atoms. The number of amides is 1. The fourth-order valence-corrected chi connectivity index (χ4v) is 2.49. The maximum atomic E-state index is 11.7. The van der Waals surface area contributed by atoms with E-state index in [9.17, 15) is 4.79 Å². The van der Waals surface area contributed by atoms with Gasteiger partial charge in [0.05, 0.1) is 0 Å². The molecule has 2 nitrogen and oxygen atoms in total. The molecule has 1 aliphatic rings. The second-order valence-corrected chi connectivity index (χ2v) is 5.33. The van der Waals surface area contributed by atoms with Crippen LogP contribution >= 0.6 is 28.6 Å². The molecule has 0 radical (unpaired) electrons. The summed E-state index contributed by atoms with van der Waals surface area (Å²) in [5.41, 5.74) is 2.10. The third-order valence-electron chi connectivity index (χ3n) is 2.63. The number of thiol groups is 1. The lowest BCUT2D eigenvalue weighted by Crippen LogP contribution is -2.25. The summed E-state index contributed by atoms with van der Waals surface area (Å²) in [6, 6.07) is 5.91.